The molecule has 1 heteroatoms. The molecule has 0 saturated carbocycles. The lowest BCUT2D eigenvalue weighted by atomic mass is 9.91. The van der Waals surface area contributed by atoms with E-state index in [0.29, 0.717) is 0 Å². The van der Waals surface area contributed by atoms with E-state index in [1.807, 2.05) is 0 Å². The van der Waals surface area contributed by atoms with E-state index in [-0.39, 0.29) is 0 Å². The Labute approximate surface area is 84.3 Å². The summed E-state index contributed by atoms with van der Waals surface area (Å²) < 4.78 is 0. The van der Waals surface area contributed by atoms with Crippen LogP contribution in [0.2, 0.25) is 0 Å². The van der Waals surface area contributed by atoms with E-state index in [1.165, 1.54) is 32.2 Å². The molecule has 0 radical (unpaired) electrons. The molecule has 0 aliphatic rings. The molecule has 0 aromatic rings. The van der Waals surface area contributed by atoms with Gasteiger partial charge in [-0.15, -0.1) is 0 Å². The van der Waals surface area contributed by atoms with Crippen molar-refractivity contribution in [3.8, 4) is 0 Å². The highest BCUT2D eigenvalue weighted by molar-refractivity contribution is 4.65. The standard InChI is InChI=1S/C12H27N/c1-5-8-12(10-13-7-3)9-11(4)6-2/h11-13H,5-10H2,1-4H3. The normalized spacial score (nSPS) is 15.7. The van der Waals surface area contributed by atoms with Gasteiger partial charge in [0.1, 0.15) is 0 Å². The van der Waals surface area contributed by atoms with Gasteiger partial charge in [0.05, 0.1) is 0 Å². The minimum Gasteiger partial charge on any atom is -0.317 e. The summed E-state index contributed by atoms with van der Waals surface area (Å²) in [5.41, 5.74) is 0. The molecule has 2 atom stereocenters. The van der Waals surface area contributed by atoms with Gasteiger partial charge in [0.15, 0.2) is 0 Å². The second kappa shape index (κ2) is 8.55. The van der Waals surface area contributed by atoms with Gasteiger partial charge in [0.2, 0.25) is 0 Å². The second-order valence-corrected chi connectivity index (χ2v) is 4.21. The van der Waals surface area contributed by atoms with Crippen molar-refractivity contribution < 1.29 is 0 Å². The van der Waals surface area contributed by atoms with Crippen LogP contribution in [-0.2, 0) is 0 Å². The average molecular weight is 185 g/mol. The van der Waals surface area contributed by atoms with Crippen molar-refractivity contribution in [1.29, 1.82) is 0 Å². The van der Waals surface area contributed by atoms with Crippen LogP contribution in [0.1, 0.15) is 53.4 Å². The first-order chi connectivity index (χ1) is 6.24. The van der Waals surface area contributed by atoms with E-state index >= 15 is 0 Å². The smallest absolute Gasteiger partial charge is 0.00205 e. The Morgan fingerprint density at radius 1 is 1.15 bits per heavy atom. The third-order valence-electron chi connectivity index (χ3n) is 2.81. The van der Waals surface area contributed by atoms with Gasteiger partial charge in [-0.05, 0) is 37.8 Å². The summed E-state index contributed by atoms with van der Waals surface area (Å²) in [4.78, 5) is 0. The van der Waals surface area contributed by atoms with Crippen LogP contribution in [-0.4, -0.2) is 13.1 Å². The first-order valence-corrected chi connectivity index (χ1v) is 5.95. The molecular weight excluding hydrogens is 158 g/mol. The molecular formula is C12H27N. The van der Waals surface area contributed by atoms with Crippen LogP contribution >= 0.6 is 0 Å². The van der Waals surface area contributed by atoms with Crippen molar-refractivity contribution in [2.75, 3.05) is 13.1 Å². The Morgan fingerprint density at radius 2 is 1.85 bits per heavy atom. The minimum absolute atomic E-state index is 0.898. The van der Waals surface area contributed by atoms with Crippen molar-refractivity contribution >= 4 is 0 Å². The molecule has 80 valence electrons. The van der Waals surface area contributed by atoms with E-state index in [2.05, 4.69) is 33.0 Å². The zero-order valence-corrected chi connectivity index (χ0v) is 9.90. The van der Waals surface area contributed by atoms with Crippen LogP contribution in [0.5, 0.6) is 0 Å². The fraction of sp³-hybridized carbons (Fsp3) is 1.00. The Hall–Kier alpha value is -0.0400. The molecule has 0 aliphatic heterocycles. The monoisotopic (exact) mass is 185 g/mol. The topological polar surface area (TPSA) is 12.0 Å². The maximum atomic E-state index is 3.46. The van der Waals surface area contributed by atoms with Crippen molar-refractivity contribution in [3.05, 3.63) is 0 Å². The third kappa shape index (κ3) is 7.06. The predicted molar refractivity (Wildman–Crippen MR) is 61.0 cm³/mol. The van der Waals surface area contributed by atoms with Gasteiger partial charge in [-0.3, -0.25) is 0 Å². The number of hydrogen-bond donors (Lipinski definition) is 1. The lowest BCUT2D eigenvalue weighted by Crippen LogP contribution is -2.23. The van der Waals surface area contributed by atoms with Gasteiger partial charge in [0, 0.05) is 0 Å². The predicted octanol–water partition coefficient (Wildman–Crippen LogP) is 3.45. The molecule has 0 amide bonds. The van der Waals surface area contributed by atoms with Crippen LogP contribution in [0, 0.1) is 11.8 Å². The Balaban J connectivity index is 3.65. The van der Waals surface area contributed by atoms with E-state index in [4.69, 9.17) is 0 Å². The summed E-state index contributed by atoms with van der Waals surface area (Å²) in [6.45, 7) is 11.5. The van der Waals surface area contributed by atoms with Gasteiger partial charge < -0.3 is 5.32 Å². The number of hydrogen-bond acceptors (Lipinski definition) is 1. The molecule has 1 nitrogen and oxygen atoms in total. The van der Waals surface area contributed by atoms with Gasteiger partial charge >= 0.3 is 0 Å². The van der Waals surface area contributed by atoms with Crippen molar-refractivity contribution in [3.63, 3.8) is 0 Å². The highest BCUT2D eigenvalue weighted by Gasteiger charge is 2.10. The molecule has 0 fully saturated rings. The first-order valence-electron chi connectivity index (χ1n) is 5.95. The van der Waals surface area contributed by atoms with Crippen LogP contribution < -0.4 is 5.32 Å². The second-order valence-electron chi connectivity index (χ2n) is 4.21. The van der Waals surface area contributed by atoms with Gasteiger partial charge in [0.25, 0.3) is 0 Å². The fourth-order valence-electron chi connectivity index (χ4n) is 1.80. The van der Waals surface area contributed by atoms with Gasteiger partial charge in [-0.2, -0.15) is 0 Å². The molecule has 0 spiro atoms. The van der Waals surface area contributed by atoms with E-state index in [1.54, 1.807) is 0 Å². The summed E-state index contributed by atoms with van der Waals surface area (Å²) in [6, 6.07) is 0. The molecule has 2 unspecified atom stereocenters. The van der Waals surface area contributed by atoms with Crippen LogP contribution in [0.4, 0.5) is 0 Å². The Kier molecular flexibility index (Phi) is 8.53. The Bertz CT molecular complexity index is 101. The molecule has 0 aromatic heterocycles. The molecule has 0 heterocycles. The molecule has 1 N–H and O–H groups in total. The zero-order chi connectivity index (χ0) is 10.1. The lowest BCUT2D eigenvalue weighted by Gasteiger charge is -2.19. The fourth-order valence-corrected chi connectivity index (χ4v) is 1.80. The quantitative estimate of drug-likeness (QED) is 0.611. The van der Waals surface area contributed by atoms with Crippen molar-refractivity contribution in [1.82, 2.24) is 5.32 Å². The van der Waals surface area contributed by atoms with Crippen LogP contribution in [0.15, 0.2) is 0 Å². The maximum absolute atomic E-state index is 3.46. The van der Waals surface area contributed by atoms with Gasteiger partial charge in [-0.25, -0.2) is 0 Å². The third-order valence-corrected chi connectivity index (χ3v) is 2.81. The summed E-state index contributed by atoms with van der Waals surface area (Å²) in [5.74, 6) is 1.80. The van der Waals surface area contributed by atoms with Crippen molar-refractivity contribution in [2.45, 2.75) is 53.4 Å². The molecule has 0 saturated heterocycles. The maximum Gasteiger partial charge on any atom is -0.00205 e. The van der Waals surface area contributed by atoms with E-state index < -0.39 is 0 Å². The van der Waals surface area contributed by atoms with E-state index in [9.17, 15) is 0 Å². The summed E-state index contributed by atoms with van der Waals surface area (Å²) >= 11 is 0. The van der Waals surface area contributed by atoms with Gasteiger partial charge in [-0.1, -0.05) is 40.5 Å². The largest absolute Gasteiger partial charge is 0.317 e. The van der Waals surface area contributed by atoms with Crippen LogP contribution in [0.3, 0.4) is 0 Å². The molecule has 0 aliphatic carbocycles. The lowest BCUT2D eigenvalue weighted by molar-refractivity contribution is 0.347. The summed E-state index contributed by atoms with van der Waals surface area (Å²) in [6.07, 6.45) is 5.44. The summed E-state index contributed by atoms with van der Waals surface area (Å²) in [7, 11) is 0. The molecule has 0 bridgehead atoms. The molecule has 0 aromatic carbocycles. The highest BCUT2D eigenvalue weighted by Crippen LogP contribution is 2.18. The first kappa shape index (κ1) is 13.0. The van der Waals surface area contributed by atoms with Crippen LogP contribution in [0.25, 0.3) is 0 Å². The van der Waals surface area contributed by atoms with Crippen molar-refractivity contribution in [2.24, 2.45) is 11.8 Å². The zero-order valence-electron chi connectivity index (χ0n) is 9.90. The number of rotatable bonds is 8. The number of nitrogens with one attached hydrogen (secondary N) is 1. The average Bonchev–Trinajstić information content (AvgIpc) is 2.14. The highest BCUT2D eigenvalue weighted by atomic mass is 14.8. The molecule has 0 rings (SSSR count). The summed E-state index contributed by atoms with van der Waals surface area (Å²) in [5, 5.41) is 3.46. The minimum atomic E-state index is 0.898. The SMILES string of the molecule is CCCC(CNCC)CC(C)CC. The van der Waals surface area contributed by atoms with E-state index in [0.717, 1.165) is 18.4 Å². The Morgan fingerprint density at radius 3 is 2.31 bits per heavy atom. The molecule has 13 heavy (non-hydrogen) atoms.